The maximum atomic E-state index is 10.6. The monoisotopic (exact) mass is 236 g/mol. The molecule has 1 N–H and O–H groups in total. The van der Waals surface area contributed by atoms with Gasteiger partial charge in [-0.3, -0.25) is 4.55 Å². The number of rotatable bonds is 5. The third-order valence-electron chi connectivity index (χ3n) is 2.10. The van der Waals surface area contributed by atoms with E-state index in [1.165, 1.54) is 0 Å². The Labute approximate surface area is 90.1 Å². The Bertz CT molecular complexity index is 328. The van der Waals surface area contributed by atoms with Crippen LogP contribution in [0.2, 0.25) is 0 Å². The molecule has 0 aliphatic carbocycles. The molecule has 0 bridgehead atoms. The Balaban J connectivity index is 2.59. The van der Waals surface area contributed by atoms with Gasteiger partial charge in [0.25, 0.3) is 0 Å². The molecule has 1 heterocycles. The molecule has 15 heavy (non-hydrogen) atoms. The van der Waals surface area contributed by atoms with E-state index in [1.807, 2.05) is 6.92 Å². The second-order valence-electron chi connectivity index (χ2n) is 3.41. The van der Waals surface area contributed by atoms with E-state index in [2.05, 4.69) is 4.18 Å². The number of hydrogen-bond acceptors (Lipinski definition) is 5. The van der Waals surface area contributed by atoms with E-state index in [9.17, 15) is 8.42 Å². The van der Waals surface area contributed by atoms with Crippen LogP contribution in [0.15, 0.2) is 12.4 Å². The van der Waals surface area contributed by atoms with Crippen molar-refractivity contribution in [1.82, 2.24) is 9.80 Å². The maximum absolute atomic E-state index is 10.6. The summed E-state index contributed by atoms with van der Waals surface area (Å²) < 4.78 is 34.4. The second kappa shape index (κ2) is 4.82. The zero-order valence-corrected chi connectivity index (χ0v) is 9.64. The summed E-state index contributed by atoms with van der Waals surface area (Å²) in [6.07, 6.45) is 4.61. The lowest BCUT2D eigenvalue weighted by atomic mass is 10.3. The molecular formula is C8H16N2O4S. The van der Waals surface area contributed by atoms with Crippen molar-refractivity contribution >= 4 is 10.4 Å². The van der Waals surface area contributed by atoms with E-state index in [-0.39, 0.29) is 0 Å². The first-order chi connectivity index (χ1) is 6.94. The van der Waals surface area contributed by atoms with Gasteiger partial charge in [-0.2, -0.15) is 8.42 Å². The van der Waals surface area contributed by atoms with Gasteiger partial charge < -0.3 is 9.80 Å². The Morgan fingerprint density at radius 3 is 2.67 bits per heavy atom. The molecule has 0 radical (unpaired) electrons. The minimum atomic E-state index is -4.42. The van der Waals surface area contributed by atoms with Gasteiger partial charge in [0.15, 0.2) is 0 Å². The van der Waals surface area contributed by atoms with Crippen molar-refractivity contribution in [2.75, 3.05) is 13.6 Å². The van der Waals surface area contributed by atoms with E-state index in [0.717, 1.165) is 12.8 Å². The van der Waals surface area contributed by atoms with Crippen molar-refractivity contribution in [2.45, 2.75) is 26.1 Å². The molecule has 0 saturated heterocycles. The molecule has 1 aliphatic rings. The van der Waals surface area contributed by atoms with Gasteiger partial charge in [-0.15, -0.1) is 0 Å². The molecule has 88 valence electrons. The SMILES string of the molecule is CCCCN1C=CN(C)C1OS(=O)(=O)O. The predicted octanol–water partition coefficient (Wildman–Crippen LogP) is 0.608. The molecule has 1 aliphatic heterocycles. The molecule has 0 amide bonds. The Morgan fingerprint density at radius 1 is 1.47 bits per heavy atom. The van der Waals surface area contributed by atoms with Crippen LogP contribution in [-0.4, -0.2) is 42.7 Å². The predicted molar refractivity (Wildman–Crippen MR) is 54.9 cm³/mol. The quantitative estimate of drug-likeness (QED) is 0.705. The lowest BCUT2D eigenvalue weighted by Crippen LogP contribution is -2.40. The molecule has 6 nitrogen and oxygen atoms in total. The number of hydrogen-bond donors (Lipinski definition) is 1. The van der Waals surface area contributed by atoms with Gasteiger partial charge in [-0.05, 0) is 6.42 Å². The first kappa shape index (κ1) is 12.3. The number of unbranched alkanes of at least 4 members (excludes halogenated alkanes) is 1. The summed E-state index contributed by atoms with van der Waals surface area (Å²) in [5.41, 5.74) is 0. The second-order valence-corrected chi connectivity index (χ2v) is 4.45. The molecule has 7 heteroatoms. The molecule has 0 aromatic heterocycles. The van der Waals surface area contributed by atoms with E-state index in [0.29, 0.717) is 6.54 Å². The molecular weight excluding hydrogens is 220 g/mol. The van der Waals surface area contributed by atoms with Gasteiger partial charge in [0.05, 0.1) is 0 Å². The van der Waals surface area contributed by atoms with Crippen LogP contribution in [0.1, 0.15) is 19.8 Å². The van der Waals surface area contributed by atoms with Crippen LogP contribution in [0.4, 0.5) is 0 Å². The van der Waals surface area contributed by atoms with Gasteiger partial charge in [0.2, 0.25) is 6.35 Å². The Hall–Kier alpha value is -0.790. The van der Waals surface area contributed by atoms with Crippen molar-refractivity contribution in [3.05, 3.63) is 12.4 Å². The fraction of sp³-hybridized carbons (Fsp3) is 0.750. The van der Waals surface area contributed by atoms with Crippen LogP contribution in [0.5, 0.6) is 0 Å². The van der Waals surface area contributed by atoms with Crippen molar-refractivity contribution < 1.29 is 17.2 Å². The van der Waals surface area contributed by atoms with E-state index < -0.39 is 16.8 Å². The molecule has 0 saturated carbocycles. The smallest absolute Gasteiger partial charge is 0.336 e. The fourth-order valence-electron chi connectivity index (χ4n) is 1.33. The average molecular weight is 236 g/mol. The molecule has 1 unspecified atom stereocenters. The van der Waals surface area contributed by atoms with Crippen LogP contribution >= 0.6 is 0 Å². The first-order valence-electron chi connectivity index (χ1n) is 4.75. The van der Waals surface area contributed by atoms with E-state index in [1.54, 1.807) is 29.2 Å². The Kier molecular flexibility index (Phi) is 3.95. The molecule has 1 atom stereocenters. The van der Waals surface area contributed by atoms with Crippen LogP contribution < -0.4 is 0 Å². The summed E-state index contributed by atoms with van der Waals surface area (Å²) in [6, 6.07) is 0. The molecule has 1 rings (SSSR count). The highest BCUT2D eigenvalue weighted by molar-refractivity contribution is 7.80. The van der Waals surface area contributed by atoms with Gasteiger partial charge >= 0.3 is 10.4 Å². The largest absolute Gasteiger partial charge is 0.400 e. The minimum absolute atomic E-state index is 0.692. The summed E-state index contributed by atoms with van der Waals surface area (Å²) in [7, 11) is -2.74. The summed E-state index contributed by atoms with van der Waals surface area (Å²) in [5, 5.41) is 0. The fourth-order valence-corrected chi connectivity index (χ4v) is 1.79. The average Bonchev–Trinajstić information content (AvgIpc) is 2.43. The highest BCUT2D eigenvalue weighted by Gasteiger charge is 2.28. The van der Waals surface area contributed by atoms with Crippen molar-refractivity contribution in [1.29, 1.82) is 0 Å². The summed E-state index contributed by atoms with van der Waals surface area (Å²) >= 11 is 0. The zero-order valence-electron chi connectivity index (χ0n) is 8.83. The molecule has 0 fully saturated rings. The third-order valence-corrected chi connectivity index (χ3v) is 2.52. The highest BCUT2D eigenvalue weighted by Crippen LogP contribution is 2.17. The van der Waals surface area contributed by atoms with Crippen LogP contribution in [0.25, 0.3) is 0 Å². The first-order valence-corrected chi connectivity index (χ1v) is 6.12. The summed E-state index contributed by atoms with van der Waals surface area (Å²) in [6.45, 7) is 2.74. The molecule has 0 aromatic carbocycles. The van der Waals surface area contributed by atoms with E-state index >= 15 is 0 Å². The van der Waals surface area contributed by atoms with Crippen molar-refractivity contribution in [2.24, 2.45) is 0 Å². The van der Waals surface area contributed by atoms with Gasteiger partial charge in [0.1, 0.15) is 0 Å². The van der Waals surface area contributed by atoms with Crippen LogP contribution in [0, 0.1) is 0 Å². The lowest BCUT2D eigenvalue weighted by molar-refractivity contribution is -0.0168. The summed E-state index contributed by atoms with van der Waals surface area (Å²) in [5.74, 6) is 0. The lowest BCUT2D eigenvalue weighted by Gasteiger charge is -2.28. The summed E-state index contributed by atoms with van der Waals surface area (Å²) in [4.78, 5) is 3.29. The maximum Gasteiger partial charge on any atom is 0.400 e. The van der Waals surface area contributed by atoms with Crippen LogP contribution in [-0.2, 0) is 14.6 Å². The topological polar surface area (TPSA) is 70.1 Å². The van der Waals surface area contributed by atoms with E-state index in [4.69, 9.17) is 4.55 Å². The van der Waals surface area contributed by atoms with Gasteiger partial charge in [-0.1, -0.05) is 13.3 Å². The Morgan fingerprint density at radius 2 is 2.13 bits per heavy atom. The van der Waals surface area contributed by atoms with Crippen LogP contribution in [0.3, 0.4) is 0 Å². The van der Waals surface area contributed by atoms with Crippen molar-refractivity contribution in [3.8, 4) is 0 Å². The van der Waals surface area contributed by atoms with Crippen molar-refractivity contribution in [3.63, 3.8) is 0 Å². The number of nitrogens with zero attached hydrogens (tertiary/aromatic N) is 2. The normalized spacial score (nSPS) is 21.4. The highest BCUT2D eigenvalue weighted by atomic mass is 32.3. The van der Waals surface area contributed by atoms with Gasteiger partial charge in [-0.25, -0.2) is 4.18 Å². The minimum Gasteiger partial charge on any atom is -0.336 e. The zero-order chi connectivity index (χ0) is 11.5. The van der Waals surface area contributed by atoms with Gasteiger partial charge in [0, 0.05) is 26.0 Å². The molecule has 0 spiro atoms. The third kappa shape index (κ3) is 3.69. The molecule has 0 aromatic rings. The standard InChI is InChI=1S/C8H16N2O4S/c1-3-4-5-10-7-6-9(2)8(10)14-15(11,12)13/h6-8H,3-5H2,1-2H3,(H,11,12,13).